The molecule has 0 aliphatic rings. The third kappa shape index (κ3) is 2.73. The fourth-order valence-corrected chi connectivity index (χ4v) is 2.27. The highest BCUT2D eigenvalue weighted by molar-refractivity contribution is 7.80. The Kier molecular flexibility index (Phi) is 3.80. The zero-order chi connectivity index (χ0) is 14.0. The number of nitrogens with zero attached hydrogens (tertiary/aromatic N) is 2. The maximum Gasteiger partial charge on any atom is 0.139 e. The maximum atomic E-state index is 5.69. The van der Waals surface area contributed by atoms with Crippen molar-refractivity contribution < 1.29 is 4.52 Å². The molecular weight excluding hydrogens is 260 g/mol. The van der Waals surface area contributed by atoms with E-state index in [9.17, 15) is 0 Å². The first-order chi connectivity index (χ1) is 9.00. The van der Waals surface area contributed by atoms with Gasteiger partial charge in [0.05, 0.1) is 17.3 Å². The Bertz CT molecular complexity index is 589. The fraction of sp³-hybridized carbons (Fsp3) is 0.308. The molecule has 2 heterocycles. The second kappa shape index (κ2) is 5.36. The van der Waals surface area contributed by atoms with Crippen LogP contribution in [0, 0.1) is 13.8 Å². The first-order valence-corrected chi connectivity index (χ1v) is 6.35. The van der Waals surface area contributed by atoms with Gasteiger partial charge in [-0.3, -0.25) is 0 Å². The summed E-state index contributed by atoms with van der Waals surface area (Å²) in [4.78, 5) is 4.60. The van der Waals surface area contributed by atoms with E-state index in [-0.39, 0.29) is 6.04 Å². The van der Waals surface area contributed by atoms with Crippen molar-refractivity contribution in [1.29, 1.82) is 0 Å². The predicted molar refractivity (Wildman–Crippen MR) is 78.1 cm³/mol. The van der Waals surface area contributed by atoms with Gasteiger partial charge in [0, 0.05) is 11.8 Å². The van der Waals surface area contributed by atoms with Crippen molar-refractivity contribution in [1.82, 2.24) is 10.1 Å². The third-order valence-corrected chi connectivity index (χ3v) is 3.17. The van der Waals surface area contributed by atoms with Crippen molar-refractivity contribution in [3.63, 3.8) is 0 Å². The van der Waals surface area contributed by atoms with Crippen LogP contribution >= 0.6 is 12.2 Å². The van der Waals surface area contributed by atoms with Gasteiger partial charge in [0.25, 0.3) is 0 Å². The van der Waals surface area contributed by atoms with Crippen LogP contribution in [0.5, 0.6) is 0 Å². The summed E-state index contributed by atoms with van der Waals surface area (Å²) in [6.45, 7) is 5.82. The first-order valence-electron chi connectivity index (χ1n) is 5.94. The number of thiocarbonyl (C=S) groups is 1. The minimum absolute atomic E-state index is 0.00856. The largest absolute Gasteiger partial charge is 0.389 e. The van der Waals surface area contributed by atoms with E-state index in [1.807, 2.05) is 26.8 Å². The number of pyridine rings is 1. The molecule has 6 heteroatoms. The standard InChI is InChI=1S/C13H16N4OS/c1-7(11-8(2)17-18-9(11)3)16-13-10(12(14)19)5-4-6-15-13/h4-7H,1-3H3,(H2,14,19)(H,15,16). The Morgan fingerprint density at radius 3 is 2.79 bits per heavy atom. The van der Waals surface area contributed by atoms with Gasteiger partial charge >= 0.3 is 0 Å². The monoisotopic (exact) mass is 276 g/mol. The van der Waals surface area contributed by atoms with Gasteiger partial charge in [0.2, 0.25) is 0 Å². The summed E-state index contributed by atoms with van der Waals surface area (Å²) in [6, 6.07) is 3.66. The molecule has 3 N–H and O–H groups in total. The van der Waals surface area contributed by atoms with E-state index in [0.29, 0.717) is 10.8 Å². The lowest BCUT2D eigenvalue weighted by Gasteiger charge is -2.16. The highest BCUT2D eigenvalue weighted by Gasteiger charge is 2.18. The van der Waals surface area contributed by atoms with Gasteiger partial charge in [-0.2, -0.15) is 0 Å². The van der Waals surface area contributed by atoms with Crippen LogP contribution in [0.2, 0.25) is 0 Å². The molecule has 0 fully saturated rings. The van der Waals surface area contributed by atoms with Crippen molar-refractivity contribution >= 4 is 23.0 Å². The van der Waals surface area contributed by atoms with Crippen LogP contribution < -0.4 is 11.1 Å². The fourth-order valence-electron chi connectivity index (χ4n) is 2.10. The second-order valence-corrected chi connectivity index (χ2v) is 4.81. The smallest absolute Gasteiger partial charge is 0.139 e. The molecule has 19 heavy (non-hydrogen) atoms. The van der Waals surface area contributed by atoms with Crippen LogP contribution in [0.4, 0.5) is 5.82 Å². The minimum atomic E-state index is 0.00856. The lowest BCUT2D eigenvalue weighted by molar-refractivity contribution is 0.392. The SMILES string of the molecule is Cc1noc(C)c1C(C)Nc1ncccc1C(N)=S. The Labute approximate surface area is 117 Å². The highest BCUT2D eigenvalue weighted by atomic mass is 32.1. The summed E-state index contributed by atoms with van der Waals surface area (Å²) in [5.41, 5.74) is 8.32. The van der Waals surface area contributed by atoms with Crippen molar-refractivity contribution in [3.8, 4) is 0 Å². The van der Waals surface area contributed by atoms with Gasteiger partial charge in [-0.05, 0) is 32.9 Å². The molecule has 100 valence electrons. The summed E-state index contributed by atoms with van der Waals surface area (Å²) in [5, 5.41) is 7.25. The predicted octanol–water partition coefficient (Wildman–Crippen LogP) is 2.49. The quantitative estimate of drug-likeness (QED) is 0.835. The van der Waals surface area contributed by atoms with E-state index in [0.717, 1.165) is 22.6 Å². The van der Waals surface area contributed by atoms with Gasteiger partial charge < -0.3 is 15.6 Å². The summed E-state index contributed by atoms with van der Waals surface area (Å²) >= 11 is 5.02. The number of hydrogen-bond acceptors (Lipinski definition) is 5. The van der Waals surface area contributed by atoms with E-state index in [1.165, 1.54) is 0 Å². The van der Waals surface area contributed by atoms with Crippen molar-refractivity contribution in [2.24, 2.45) is 5.73 Å². The van der Waals surface area contributed by atoms with Gasteiger partial charge in [-0.25, -0.2) is 4.98 Å². The molecule has 0 saturated heterocycles. The Morgan fingerprint density at radius 1 is 1.47 bits per heavy atom. The molecule has 0 bridgehead atoms. The molecule has 2 aromatic rings. The van der Waals surface area contributed by atoms with Crippen LogP contribution in [0.25, 0.3) is 0 Å². The van der Waals surface area contributed by atoms with Crippen molar-refractivity contribution in [2.75, 3.05) is 5.32 Å². The number of anilines is 1. The molecular formula is C13H16N4OS. The lowest BCUT2D eigenvalue weighted by atomic mass is 10.1. The Balaban J connectivity index is 2.29. The Hall–Kier alpha value is -1.95. The molecule has 0 aromatic carbocycles. The van der Waals surface area contributed by atoms with Crippen molar-refractivity contribution in [2.45, 2.75) is 26.8 Å². The van der Waals surface area contributed by atoms with Gasteiger partial charge in [0.1, 0.15) is 16.6 Å². The Morgan fingerprint density at radius 2 is 2.21 bits per heavy atom. The molecule has 1 atom stereocenters. The van der Waals surface area contributed by atoms with Crippen LogP contribution in [0.1, 0.15) is 35.5 Å². The molecule has 0 aliphatic heterocycles. The maximum absolute atomic E-state index is 5.69. The van der Waals surface area contributed by atoms with Gasteiger partial charge in [0.15, 0.2) is 0 Å². The van der Waals surface area contributed by atoms with Crippen LogP contribution in [0.3, 0.4) is 0 Å². The molecule has 2 aromatic heterocycles. The molecule has 5 nitrogen and oxygen atoms in total. The van der Waals surface area contributed by atoms with E-state index < -0.39 is 0 Å². The van der Waals surface area contributed by atoms with E-state index >= 15 is 0 Å². The van der Waals surface area contributed by atoms with Gasteiger partial charge in [-0.1, -0.05) is 17.4 Å². The minimum Gasteiger partial charge on any atom is -0.389 e. The summed E-state index contributed by atoms with van der Waals surface area (Å²) < 4.78 is 5.17. The molecule has 1 unspecified atom stereocenters. The van der Waals surface area contributed by atoms with E-state index in [1.54, 1.807) is 12.3 Å². The van der Waals surface area contributed by atoms with Gasteiger partial charge in [-0.15, -0.1) is 0 Å². The number of aromatic nitrogens is 2. The average Bonchev–Trinajstić information content (AvgIpc) is 2.69. The molecule has 0 radical (unpaired) electrons. The third-order valence-electron chi connectivity index (χ3n) is 2.95. The average molecular weight is 276 g/mol. The molecule has 0 amide bonds. The second-order valence-electron chi connectivity index (χ2n) is 4.37. The molecule has 2 rings (SSSR count). The zero-order valence-corrected chi connectivity index (χ0v) is 11.9. The van der Waals surface area contributed by atoms with Crippen LogP contribution in [-0.2, 0) is 0 Å². The van der Waals surface area contributed by atoms with Crippen LogP contribution in [-0.4, -0.2) is 15.1 Å². The summed E-state index contributed by atoms with van der Waals surface area (Å²) in [6.07, 6.45) is 1.70. The molecule has 0 aliphatic carbocycles. The number of nitrogens with one attached hydrogen (secondary N) is 1. The molecule has 0 saturated carbocycles. The van der Waals surface area contributed by atoms with Crippen LogP contribution in [0.15, 0.2) is 22.9 Å². The number of hydrogen-bond donors (Lipinski definition) is 2. The first kappa shape index (κ1) is 13.5. The van der Waals surface area contributed by atoms with Crippen molar-refractivity contribution in [3.05, 3.63) is 40.9 Å². The molecule has 0 spiro atoms. The number of nitrogens with two attached hydrogens (primary N) is 1. The highest BCUT2D eigenvalue weighted by Crippen LogP contribution is 2.25. The topological polar surface area (TPSA) is 77.0 Å². The normalized spacial score (nSPS) is 12.2. The summed E-state index contributed by atoms with van der Waals surface area (Å²) in [7, 11) is 0. The van der Waals surface area contributed by atoms with E-state index in [4.69, 9.17) is 22.5 Å². The number of rotatable bonds is 4. The lowest BCUT2D eigenvalue weighted by Crippen LogP contribution is -2.16. The number of aryl methyl sites for hydroxylation is 2. The van der Waals surface area contributed by atoms with E-state index in [2.05, 4.69) is 15.5 Å². The summed E-state index contributed by atoms with van der Waals surface area (Å²) in [5.74, 6) is 1.47. The zero-order valence-electron chi connectivity index (χ0n) is 11.1.